The molecule has 0 saturated heterocycles. The van der Waals surface area contributed by atoms with Crippen molar-refractivity contribution in [3.8, 4) is 22.5 Å². The van der Waals surface area contributed by atoms with Crippen molar-refractivity contribution in [2.75, 3.05) is 5.32 Å². The fraction of sp³-hybridized carbons (Fsp3) is 0.258. The Balaban J connectivity index is 1.31. The van der Waals surface area contributed by atoms with Crippen molar-refractivity contribution in [2.45, 2.75) is 50.8 Å². The van der Waals surface area contributed by atoms with Gasteiger partial charge in [0, 0.05) is 5.56 Å². The molecule has 1 aliphatic carbocycles. The van der Waals surface area contributed by atoms with Crippen LogP contribution in [0.2, 0.25) is 0 Å². The predicted octanol–water partition coefficient (Wildman–Crippen LogP) is 8.02. The number of carboxylic acid groups (broad SMARTS) is 1. The first-order valence-corrected chi connectivity index (χ1v) is 13.1. The Morgan fingerprint density at radius 1 is 1.02 bits per heavy atom. The van der Waals surface area contributed by atoms with Crippen molar-refractivity contribution in [1.82, 2.24) is 5.16 Å². The van der Waals surface area contributed by atoms with Crippen LogP contribution >= 0.6 is 0 Å². The fourth-order valence-electron chi connectivity index (χ4n) is 4.77. The second-order valence-corrected chi connectivity index (χ2v) is 10.0. The lowest BCUT2D eigenvalue weighted by Crippen LogP contribution is -2.19. The van der Waals surface area contributed by atoms with E-state index in [-0.39, 0.29) is 5.56 Å². The van der Waals surface area contributed by atoms with E-state index in [1.54, 1.807) is 0 Å². The standard InChI is InChI=1S/C31H27F3N2O5/c1-3-25-26(35-29(39)40-18(2)22-5-4-6-24(17-22)31(32,33)34)27(41-36-25)21-9-7-19(8-10-21)20-11-13-23(14-12-20)30(15-16-30)28(37)38/h4-14,17-18H,3,15-16H2,1-2H3,(H,35,39)(H,37,38)/t18-/m1/s1. The van der Waals surface area contributed by atoms with Crippen LogP contribution in [-0.2, 0) is 27.5 Å². The zero-order chi connectivity index (χ0) is 29.4. The number of halogens is 3. The van der Waals surface area contributed by atoms with Gasteiger partial charge in [0.1, 0.15) is 17.5 Å². The second-order valence-electron chi connectivity index (χ2n) is 10.0. The maximum absolute atomic E-state index is 13.1. The van der Waals surface area contributed by atoms with E-state index in [1.165, 1.54) is 19.1 Å². The smallest absolute Gasteiger partial charge is 0.416 e. The molecule has 0 bridgehead atoms. The summed E-state index contributed by atoms with van der Waals surface area (Å²) in [6.07, 6.45) is -4.58. The van der Waals surface area contributed by atoms with Gasteiger partial charge in [-0.25, -0.2) is 4.79 Å². The molecule has 1 amide bonds. The average Bonchev–Trinajstić information content (AvgIpc) is 3.68. The number of amides is 1. The van der Waals surface area contributed by atoms with Crippen molar-refractivity contribution in [2.24, 2.45) is 0 Å². The number of nitrogens with one attached hydrogen (secondary N) is 1. The third-order valence-corrected chi connectivity index (χ3v) is 7.37. The highest BCUT2D eigenvalue weighted by atomic mass is 19.4. The molecule has 5 rings (SSSR count). The summed E-state index contributed by atoms with van der Waals surface area (Å²) in [7, 11) is 0. The van der Waals surface area contributed by atoms with Crippen LogP contribution in [0.5, 0.6) is 0 Å². The van der Waals surface area contributed by atoms with Gasteiger partial charge in [-0.05, 0) is 60.6 Å². The van der Waals surface area contributed by atoms with E-state index in [9.17, 15) is 27.9 Å². The number of aryl methyl sites for hydroxylation is 1. The zero-order valence-corrected chi connectivity index (χ0v) is 22.3. The fourth-order valence-corrected chi connectivity index (χ4v) is 4.77. The van der Waals surface area contributed by atoms with Gasteiger partial charge in [0.2, 0.25) is 0 Å². The van der Waals surface area contributed by atoms with Crippen LogP contribution in [0.15, 0.2) is 77.3 Å². The molecule has 4 aromatic rings. The molecule has 0 unspecified atom stereocenters. The van der Waals surface area contributed by atoms with Gasteiger partial charge in [-0.3, -0.25) is 10.1 Å². The van der Waals surface area contributed by atoms with Gasteiger partial charge in [-0.2, -0.15) is 13.2 Å². The number of aromatic nitrogens is 1. The van der Waals surface area contributed by atoms with Crippen LogP contribution in [0, 0.1) is 0 Å². The topological polar surface area (TPSA) is 102 Å². The van der Waals surface area contributed by atoms with E-state index in [4.69, 9.17) is 9.26 Å². The maximum Gasteiger partial charge on any atom is 0.416 e. The van der Waals surface area contributed by atoms with Gasteiger partial charge in [0.05, 0.1) is 11.0 Å². The molecule has 1 fully saturated rings. The minimum atomic E-state index is -4.51. The summed E-state index contributed by atoms with van der Waals surface area (Å²) in [6.45, 7) is 3.33. The highest BCUT2D eigenvalue weighted by Gasteiger charge is 2.51. The van der Waals surface area contributed by atoms with Crippen molar-refractivity contribution in [1.29, 1.82) is 0 Å². The molecule has 1 atom stereocenters. The molecule has 7 nitrogen and oxygen atoms in total. The van der Waals surface area contributed by atoms with Crippen molar-refractivity contribution in [3.63, 3.8) is 0 Å². The third-order valence-electron chi connectivity index (χ3n) is 7.37. The Morgan fingerprint density at radius 3 is 2.20 bits per heavy atom. The molecule has 3 aromatic carbocycles. The van der Waals surface area contributed by atoms with Crippen LogP contribution in [0.25, 0.3) is 22.5 Å². The van der Waals surface area contributed by atoms with Gasteiger partial charge in [0.25, 0.3) is 0 Å². The Labute approximate surface area is 233 Å². The Bertz CT molecular complexity index is 1570. The molecule has 1 aliphatic rings. The van der Waals surface area contributed by atoms with E-state index in [0.29, 0.717) is 42.0 Å². The lowest BCUT2D eigenvalue weighted by atomic mass is 9.93. The predicted molar refractivity (Wildman–Crippen MR) is 145 cm³/mol. The van der Waals surface area contributed by atoms with Crippen LogP contribution in [-0.4, -0.2) is 22.3 Å². The number of carbonyl (C=O) groups is 2. The molecule has 212 valence electrons. The van der Waals surface area contributed by atoms with E-state index >= 15 is 0 Å². The summed E-state index contributed by atoms with van der Waals surface area (Å²) in [4.78, 5) is 24.4. The number of hydrogen-bond acceptors (Lipinski definition) is 5. The molecule has 0 spiro atoms. The molecule has 1 heterocycles. The van der Waals surface area contributed by atoms with Crippen molar-refractivity contribution < 1.29 is 37.1 Å². The van der Waals surface area contributed by atoms with E-state index < -0.39 is 35.3 Å². The molecule has 0 radical (unpaired) electrons. The number of aliphatic carboxylic acids is 1. The van der Waals surface area contributed by atoms with E-state index in [0.717, 1.165) is 28.8 Å². The summed E-state index contributed by atoms with van der Waals surface area (Å²) in [5.41, 5.74) is 2.66. The summed E-state index contributed by atoms with van der Waals surface area (Å²) in [6, 6.07) is 19.5. The Morgan fingerprint density at radius 2 is 1.63 bits per heavy atom. The van der Waals surface area contributed by atoms with Crippen molar-refractivity contribution in [3.05, 3.63) is 95.2 Å². The number of anilines is 1. The number of hydrogen-bond donors (Lipinski definition) is 2. The first-order valence-electron chi connectivity index (χ1n) is 13.1. The number of nitrogens with zero attached hydrogens (tertiary/aromatic N) is 1. The Hall–Kier alpha value is -4.60. The first kappa shape index (κ1) is 27.9. The van der Waals surface area contributed by atoms with Gasteiger partial charge in [-0.1, -0.05) is 72.7 Å². The summed E-state index contributed by atoms with van der Waals surface area (Å²) < 4.78 is 50.2. The van der Waals surface area contributed by atoms with Gasteiger partial charge in [-0.15, -0.1) is 0 Å². The normalized spacial score (nSPS) is 14.8. The highest BCUT2D eigenvalue weighted by molar-refractivity contribution is 5.91. The lowest BCUT2D eigenvalue weighted by molar-refractivity contribution is -0.140. The van der Waals surface area contributed by atoms with Crippen LogP contribution in [0.4, 0.5) is 23.7 Å². The Kier molecular flexibility index (Phi) is 7.33. The van der Waals surface area contributed by atoms with Gasteiger partial charge >= 0.3 is 18.2 Å². The monoisotopic (exact) mass is 564 g/mol. The number of carboxylic acids is 1. The van der Waals surface area contributed by atoms with E-state index in [2.05, 4.69) is 10.5 Å². The SMILES string of the molecule is CCc1noc(-c2ccc(-c3ccc(C4(C(=O)O)CC4)cc3)cc2)c1NC(=O)O[C@H](C)c1cccc(C(F)(F)F)c1. The van der Waals surface area contributed by atoms with E-state index in [1.807, 2.05) is 55.5 Å². The number of carbonyl (C=O) groups excluding carboxylic acids is 1. The number of rotatable bonds is 8. The van der Waals surface area contributed by atoms with Gasteiger partial charge in [0.15, 0.2) is 5.76 Å². The molecule has 2 N–H and O–H groups in total. The molecule has 0 aliphatic heterocycles. The second kappa shape index (κ2) is 10.8. The van der Waals surface area contributed by atoms with Crippen LogP contribution < -0.4 is 5.32 Å². The largest absolute Gasteiger partial charge is 0.481 e. The lowest BCUT2D eigenvalue weighted by Gasteiger charge is -2.16. The maximum atomic E-state index is 13.1. The number of alkyl halides is 3. The quantitative estimate of drug-likeness (QED) is 0.225. The molecule has 10 heteroatoms. The third kappa shape index (κ3) is 5.68. The number of benzene rings is 3. The minimum absolute atomic E-state index is 0.204. The van der Waals surface area contributed by atoms with Crippen LogP contribution in [0.3, 0.4) is 0 Å². The average molecular weight is 565 g/mol. The molecule has 1 aromatic heterocycles. The molecular formula is C31H27F3N2O5. The number of ether oxygens (including phenoxy) is 1. The van der Waals surface area contributed by atoms with Crippen LogP contribution in [0.1, 0.15) is 55.2 Å². The minimum Gasteiger partial charge on any atom is -0.481 e. The molecule has 1 saturated carbocycles. The molecular weight excluding hydrogens is 537 g/mol. The molecule has 41 heavy (non-hydrogen) atoms. The van der Waals surface area contributed by atoms with Gasteiger partial charge < -0.3 is 14.4 Å². The summed E-state index contributed by atoms with van der Waals surface area (Å²) in [5, 5.41) is 16.2. The van der Waals surface area contributed by atoms with Crippen molar-refractivity contribution >= 4 is 17.7 Å². The summed E-state index contributed by atoms with van der Waals surface area (Å²) in [5.74, 6) is -0.490. The summed E-state index contributed by atoms with van der Waals surface area (Å²) >= 11 is 0. The highest BCUT2D eigenvalue weighted by Crippen LogP contribution is 2.48. The first-order chi connectivity index (χ1) is 19.5. The zero-order valence-electron chi connectivity index (χ0n) is 22.3.